The molecule has 0 aromatic heterocycles. The van der Waals surface area contributed by atoms with E-state index in [4.69, 9.17) is 4.74 Å². The molecule has 0 aliphatic heterocycles. The number of methoxy groups -OCH3 is 1. The average molecular weight is 340 g/mol. The number of anilines is 1. The Kier molecular flexibility index (Phi) is 7.02. The van der Waals surface area contributed by atoms with E-state index in [0.717, 1.165) is 42.1 Å². The third-order valence-corrected chi connectivity index (χ3v) is 4.39. The number of amides is 1. The van der Waals surface area contributed by atoms with Crippen molar-refractivity contribution in [3.63, 3.8) is 0 Å². The van der Waals surface area contributed by atoms with E-state index in [-0.39, 0.29) is 11.8 Å². The highest BCUT2D eigenvalue weighted by Crippen LogP contribution is 2.19. The van der Waals surface area contributed by atoms with Crippen LogP contribution in [0.1, 0.15) is 37.0 Å². The number of carbonyl (C=O) groups excluding carboxylic acids is 1. The number of hydrogen-bond acceptors (Lipinski definition) is 3. The van der Waals surface area contributed by atoms with Crippen LogP contribution in [0.5, 0.6) is 5.75 Å². The summed E-state index contributed by atoms with van der Waals surface area (Å²) in [6.07, 6.45) is 0.840. The quantitative estimate of drug-likeness (QED) is 0.754. The molecule has 0 fully saturated rings. The van der Waals surface area contributed by atoms with Crippen LogP contribution in [-0.4, -0.2) is 13.0 Å². The lowest BCUT2D eigenvalue weighted by Gasteiger charge is -2.12. The van der Waals surface area contributed by atoms with Gasteiger partial charge in [0.25, 0.3) is 0 Å². The molecular weight excluding hydrogens is 312 g/mol. The van der Waals surface area contributed by atoms with E-state index in [9.17, 15) is 4.79 Å². The zero-order chi connectivity index (χ0) is 18.2. The topological polar surface area (TPSA) is 50.4 Å². The first-order valence-electron chi connectivity index (χ1n) is 8.77. The molecule has 0 aliphatic carbocycles. The highest BCUT2D eigenvalue weighted by atomic mass is 16.5. The van der Waals surface area contributed by atoms with Gasteiger partial charge in [-0.15, -0.1) is 0 Å². The zero-order valence-corrected chi connectivity index (χ0v) is 15.6. The van der Waals surface area contributed by atoms with Gasteiger partial charge < -0.3 is 15.4 Å². The standard InChI is InChI=1S/C21H28N2O2/c1-5-15(2)21(24)23-19-8-6-7-17(11-19)13-22-14-18-10-9-16(3)20(12-18)25-4/h6-12,15,22H,5,13-14H2,1-4H3,(H,23,24)/t15-/m1/s1. The Morgan fingerprint density at radius 1 is 1.12 bits per heavy atom. The largest absolute Gasteiger partial charge is 0.496 e. The smallest absolute Gasteiger partial charge is 0.227 e. The second-order valence-electron chi connectivity index (χ2n) is 6.41. The molecule has 134 valence electrons. The maximum Gasteiger partial charge on any atom is 0.227 e. The predicted octanol–water partition coefficient (Wildman–Crippen LogP) is 4.28. The first-order valence-corrected chi connectivity index (χ1v) is 8.77. The normalized spacial score (nSPS) is 11.8. The second-order valence-corrected chi connectivity index (χ2v) is 6.41. The molecule has 0 aliphatic rings. The second kappa shape index (κ2) is 9.23. The van der Waals surface area contributed by atoms with E-state index in [1.807, 2.05) is 39.0 Å². The van der Waals surface area contributed by atoms with Gasteiger partial charge >= 0.3 is 0 Å². The monoisotopic (exact) mass is 340 g/mol. The van der Waals surface area contributed by atoms with Crippen molar-refractivity contribution in [3.05, 3.63) is 59.2 Å². The SMILES string of the molecule is CC[C@@H](C)C(=O)Nc1cccc(CNCc2ccc(C)c(OC)c2)c1. The number of hydrogen-bond donors (Lipinski definition) is 2. The molecule has 0 saturated carbocycles. The lowest BCUT2D eigenvalue weighted by Crippen LogP contribution is -2.20. The molecule has 0 heterocycles. The Labute approximate surface area is 150 Å². The Morgan fingerprint density at radius 3 is 2.52 bits per heavy atom. The highest BCUT2D eigenvalue weighted by Gasteiger charge is 2.10. The number of rotatable bonds is 8. The van der Waals surface area contributed by atoms with Crippen molar-refractivity contribution in [1.82, 2.24) is 5.32 Å². The van der Waals surface area contributed by atoms with Crippen LogP contribution >= 0.6 is 0 Å². The fourth-order valence-electron chi connectivity index (χ4n) is 2.54. The molecule has 1 atom stereocenters. The summed E-state index contributed by atoms with van der Waals surface area (Å²) in [6, 6.07) is 14.2. The Hall–Kier alpha value is -2.33. The van der Waals surface area contributed by atoms with Crippen LogP contribution in [0.15, 0.2) is 42.5 Å². The van der Waals surface area contributed by atoms with Crippen molar-refractivity contribution >= 4 is 11.6 Å². The lowest BCUT2D eigenvalue weighted by molar-refractivity contribution is -0.119. The van der Waals surface area contributed by atoms with E-state index < -0.39 is 0 Å². The molecule has 2 N–H and O–H groups in total. The maximum absolute atomic E-state index is 12.0. The number of aryl methyl sites for hydroxylation is 1. The molecule has 2 aromatic rings. The van der Waals surface area contributed by atoms with Crippen LogP contribution in [0.25, 0.3) is 0 Å². The zero-order valence-electron chi connectivity index (χ0n) is 15.6. The number of benzene rings is 2. The van der Waals surface area contributed by atoms with Gasteiger partial charge in [0.1, 0.15) is 5.75 Å². The third-order valence-electron chi connectivity index (χ3n) is 4.39. The van der Waals surface area contributed by atoms with Crippen molar-refractivity contribution < 1.29 is 9.53 Å². The first kappa shape index (κ1) is 19.0. The Morgan fingerprint density at radius 2 is 1.84 bits per heavy atom. The Balaban J connectivity index is 1.91. The van der Waals surface area contributed by atoms with Crippen molar-refractivity contribution in [2.45, 2.75) is 40.3 Å². The number of ether oxygens (including phenoxy) is 1. The van der Waals surface area contributed by atoms with Gasteiger partial charge in [-0.1, -0.05) is 38.1 Å². The van der Waals surface area contributed by atoms with Crippen LogP contribution in [0.3, 0.4) is 0 Å². The van der Waals surface area contributed by atoms with E-state index in [1.54, 1.807) is 7.11 Å². The van der Waals surface area contributed by atoms with Crippen molar-refractivity contribution in [1.29, 1.82) is 0 Å². The molecule has 1 amide bonds. The Bertz CT molecular complexity index is 713. The van der Waals surface area contributed by atoms with E-state index >= 15 is 0 Å². The summed E-state index contributed by atoms with van der Waals surface area (Å²) in [5.74, 6) is 1.01. The summed E-state index contributed by atoms with van der Waals surface area (Å²) in [5, 5.41) is 6.41. The summed E-state index contributed by atoms with van der Waals surface area (Å²) < 4.78 is 5.36. The van der Waals surface area contributed by atoms with Crippen LogP contribution in [0, 0.1) is 12.8 Å². The molecule has 4 heteroatoms. The van der Waals surface area contributed by atoms with Gasteiger partial charge in [0.15, 0.2) is 0 Å². The third kappa shape index (κ3) is 5.61. The lowest BCUT2D eigenvalue weighted by atomic mass is 10.1. The van der Waals surface area contributed by atoms with Gasteiger partial charge in [-0.2, -0.15) is 0 Å². The van der Waals surface area contributed by atoms with Gasteiger partial charge in [-0.3, -0.25) is 4.79 Å². The first-order chi connectivity index (χ1) is 12.0. The van der Waals surface area contributed by atoms with E-state index in [2.05, 4.69) is 34.9 Å². The predicted molar refractivity (Wildman–Crippen MR) is 103 cm³/mol. The van der Waals surface area contributed by atoms with Crippen LogP contribution in [0.2, 0.25) is 0 Å². The van der Waals surface area contributed by atoms with E-state index in [1.165, 1.54) is 5.56 Å². The van der Waals surface area contributed by atoms with Crippen molar-refractivity contribution in [2.75, 3.05) is 12.4 Å². The fraction of sp³-hybridized carbons (Fsp3) is 0.381. The summed E-state index contributed by atoms with van der Waals surface area (Å²) in [7, 11) is 1.69. The van der Waals surface area contributed by atoms with Gasteiger partial charge in [0.05, 0.1) is 7.11 Å². The van der Waals surface area contributed by atoms with Crippen LogP contribution < -0.4 is 15.4 Å². The van der Waals surface area contributed by atoms with Gasteiger partial charge in [0.2, 0.25) is 5.91 Å². The number of nitrogens with one attached hydrogen (secondary N) is 2. The molecule has 4 nitrogen and oxygen atoms in total. The minimum atomic E-state index is 0.0262. The van der Waals surface area contributed by atoms with Crippen LogP contribution in [0.4, 0.5) is 5.69 Å². The summed E-state index contributed by atoms with van der Waals surface area (Å²) in [5.41, 5.74) is 4.31. The van der Waals surface area contributed by atoms with Crippen molar-refractivity contribution in [3.8, 4) is 5.75 Å². The minimum absolute atomic E-state index is 0.0262. The molecule has 25 heavy (non-hydrogen) atoms. The molecule has 2 rings (SSSR count). The van der Waals surface area contributed by atoms with Crippen LogP contribution in [-0.2, 0) is 17.9 Å². The summed E-state index contributed by atoms with van der Waals surface area (Å²) in [4.78, 5) is 12.0. The molecule has 2 aromatic carbocycles. The average Bonchev–Trinajstić information content (AvgIpc) is 2.62. The summed E-state index contributed by atoms with van der Waals surface area (Å²) in [6.45, 7) is 7.50. The minimum Gasteiger partial charge on any atom is -0.496 e. The fourth-order valence-corrected chi connectivity index (χ4v) is 2.54. The maximum atomic E-state index is 12.0. The number of carbonyl (C=O) groups is 1. The molecular formula is C21H28N2O2. The van der Waals surface area contributed by atoms with Gasteiger partial charge in [0, 0.05) is 24.7 Å². The van der Waals surface area contributed by atoms with E-state index in [0.29, 0.717) is 0 Å². The van der Waals surface area contributed by atoms with Crippen molar-refractivity contribution in [2.24, 2.45) is 5.92 Å². The molecule has 0 spiro atoms. The highest BCUT2D eigenvalue weighted by molar-refractivity contribution is 5.92. The molecule has 0 unspecified atom stereocenters. The summed E-state index contributed by atoms with van der Waals surface area (Å²) >= 11 is 0. The van der Waals surface area contributed by atoms with Gasteiger partial charge in [-0.25, -0.2) is 0 Å². The molecule has 0 radical (unpaired) electrons. The molecule has 0 saturated heterocycles. The molecule has 0 bridgehead atoms. The van der Waals surface area contributed by atoms with Gasteiger partial charge in [-0.05, 0) is 48.2 Å².